The lowest BCUT2D eigenvalue weighted by molar-refractivity contribution is -0.143. The molecule has 0 bridgehead atoms. The highest BCUT2D eigenvalue weighted by molar-refractivity contribution is 6.36. The SMILES string of the molecule is COC(=O)COc1ccc(Cn2cc(-c3ccc(Cl)cc3Cl)nc2C=Cc2ccc(-c3cccc(C(F)(F)F)c3)cc2)cc1. The van der Waals surface area contributed by atoms with Crippen LogP contribution in [0.5, 0.6) is 5.75 Å². The van der Waals surface area contributed by atoms with Gasteiger partial charge in [0.25, 0.3) is 0 Å². The van der Waals surface area contributed by atoms with Crippen molar-refractivity contribution in [1.82, 2.24) is 9.55 Å². The van der Waals surface area contributed by atoms with E-state index >= 15 is 0 Å². The summed E-state index contributed by atoms with van der Waals surface area (Å²) in [6, 6.07) is 25.0. The number of alkyl halides is 3. The van der Waals surface area contributed by atoms with Gasteiger partial charge in [0.1, 0.15) is 11.6 Å². The molecule has 5 rings (SSSR count). The van der Waals surface area contributed by atoms with Crippen molar-refractivity contribution in [3.8, 4) is 28.1 Å². The van der Waals surface area contributed by atoms with Crippen molar-refractivity contribution in [3.63, 3.8) is 0 Å². The molecule has 0 fully saturated rings. The largest absolute Gasteiger partial charge is 0.482 e. The molecule has 0 aliphatic heterocycles. The second-order valence-corrected chi connectivity index (χ2v) is 10.6. The average Bonchev–Trinajstić information content (AvgIpc) is 3.41. The Morgan fingerprint density at radius 2 is 1.66 bits per heavy atom. The van der Waals surface area contributed by atoms with Crippen LogP contribution in [0.3, 0.4) is 0 Å². The first-order chi connectivity index (χ1) is 21.1. The number of hydrogen-bond donors (Lipinski definition) is 0. The summed E-state index contributed by atoms with van der Waals surface area (Å²) in [7, 11) is 1.30. The van der Waals surface area contributed by atoms with Crippen molar-refractivity contribution in [2.45, 2.75) is 12.7 Å². The molecule has 10 heteroatoms. The van der Waals surface area contributed by atoms with Gasteiger partial charge in [-0.1, -0.05) is 77.8 Å². The van der Waals surface area contributed by atoms with Crippen LogP contribution in [0.15, 0.2) is 97.2 Å². The lowest BCUT2D eigenvalue weighted by atomic mass is 10.0. The van der Waals surface area contributed by atoms with Crippen LogP contribution in [-0.2, 0) is 22.3 Å². The quantitative estimate of drug-likeness (QED) is 0.151. The molecule has 0 atom stereocenters. The third-order valence-corrected chi connectivity index (χ3v) is 7.28. The van der Waals surface area contributed by atoms with E-state index in [1.807, 2.05) is 53.2 Å². The van der Waals surface area contributed by atoms with E-state index in [0.29, 0.717) is 45.0 Å². The maximum atomic E-state index is 13.2. The predicted molar refractivity (Wildman–Crippen MR) is 167 cm³/mol. The number of esters is 1. The van der Waals surface area contributed by atoms with E-state index in [-0.39, 0.29) is 6.61 Å². The van der Waals surface area contributed by atoms with Gasteiger partial charge in [0, 0.05) is 23.3 Å². The maximum absolute atomic E-state index is 13.2. The topological polar surface area (TPSA) is 53.4 Å². The molecule has 0 aliphatic carbocycles. The molecular weight excluding hydrogens is 612 g/mol. The number of rotatable bonds is 9. The fourth-order valence-corrected chi connectivity index (χ4v) is 4.94. The van der Waals surface area contributed by atoms with Crippen molar-refractivity contribution in [1.29, 1.82) is 0 Å². The number of ether oxygens (including phenoxy) is 2. The van der Waals surface area contributed by atoms with E-state index in [9.17, 15) is 18.0 Å². The molecular formula is C34H25Cl2F3N2O3. The molecule has 0 aliphatic rings. The zero-order valence-corrected chi connectivity index (χ0v) is 24.8. The van der Waals surface area contributed by atoms with E-state index in [0.717, 1.165) is 28.8 Å². The highest BCUT2D eigenvalue weighted by atomic mass is 35.5. The number of carbonyl (C=O) groups is 1. The van der Waals surface area contributed by atoms with Gasteiger partial charge >= 0.3 is 12.1 Å². The summed E-state index contributed by atoms with van der Waals surface area (Å²) in [5, 5.41) is 0.983. The Labute approximate surface area is 262 Å². The van der Waals surface area contributed by atoms with Gasteiger partial charge in [0.05, 0.1) is 23.4 Å². The van der Waals surface area contributed by atoms with E-state index in [2.05, 4.69) is 4.74 Å². The molecule has 0 unspecified atom stereocenters. The van der Waals surface area contributed by atoms with Crippen molar-refractivity contribution in [2.75, 3.05) is 13.7 Å². The lowest BCUT2D eigenvalue weighted by Gasteiger charge is -2.09. The van der Waals surface area contributed by atoms with Crippen LogP contribution in [0.1, 0.15) is 22.5 Å². The number of methoxy groups -OCH3 is 1. The Morgan fingerprint density at radius 1 is 0.909 bits per heavy atom. The molecule has 0 N–H and O–H groups in total. The van der Waals surface area contributed by atoms with E-state index in [1.54, 1.807) is 42.5 Å². The minimum Gasteiger partial charge on any atom is -0.482 e. The van der Waals surface area contributed by atoms with E-state index in [4.69, 9.17) is 32.9 Å². The average molecular weight is 637 g/mol. The van der Waals surface area contributed by atoms with E-state index < -0.39 is 17.7 Å². The van der Waals surface area contributed by atoms with Gasteiger partial charge in [0.15, 0.2) is 6.61 Å². The Morgan fingerprint density at radius 3 is 2.34 bits per heavy atom. The molecule has 5 aromatic rings. The van der Waals surface area contributed by atoms with Crippen molar-refractivity contribution < 1.29 is 27.4 Å². The Hall–Kier alpha value is -4.53. The van der Waals surface area contributed by atoms with Crippen LogP contribution in [0.4, 0.5) is 13.2 Å². The Bertz CT molecular complexity index is 1800. The number of hydrogen-bond acceptors (Lipinski definition) is 4. The van der Waals surface area contributed by atoms with Crippen LogP contribution in [0.2, 0.25) is 10.0 Å². The summed E-state index contributed by atoms with van der Waals surface area (Å²) in [5.74, 6) is 0.716. The van der Waals surface area contributed by atoms with Crippen LogP contribution in [-0.4, -0.2) is 29.2 Å². The van der Waals surface area contributed by atoms with Crippen LogP contribution in [0, 0.1) is 0 Å². The Kier molecular flexibility index (Phi) is 9.42. The van der Waals surface area contributed by atoms with Crippen LogP contribution >= 0.6 is 23.2 Å². The molecule has 1 aromatic heterocycles. The first-order valence-corrected chi connectivity index (χ1v) is 14.1. The van der Waals surface area contributed by atoms with E-state index in [1.165, 1.54) is 13.2 Å². The number of aromatic nitrogens is 2. The van der Waals surface area contributed by atoms with Crippen LogP contribution < -0.4 is 4.74 Å². The number of imidazole rings is 1. The number of halogens is 5. The molecule has 0 saturated carbocycles. The van der Waals surface area contributed by atoms with Gasteiger partial charge < -0.3 is 14.0 Å². The molecule has 4 aromatic carbocycles. The summed E-state index contributed by atoms with van der Waals surface area (Å²) in [4.78, 5) is 16.2. The molecule has 0 radical (unpaired) electrons. The van der Waals surface area contributed by atoms with Gasteiger partial charge in [0.2, 0.25) is 0 Å². The Balaban J connectivity index is 1.40. The normalized spacial score (nSPS) is 11.6. The number of carbonyl (C=O) groups excluding carboxylic acids is 1. The summed E-state index contributed by atoms with van der Waals surface area (Å²) in [5.41, 5.74) is 3.65. The summed E-state index contributed by atoms with van der Waals surface area (Å²) in [6.07, 6.45) is 1.23. The molecule has 0 saturated heterocycles. The third-order valence-electron chi connectivity index (χ3n) is 6.73. The molecule has 44 heavy (non-hydrogen) atoms. The standard InChI is InChI=1S/C34H25Cl2F3N2O3/c1-43-33(42)21-44-28-13-7-23(8-14-28)19-41-20-31(29-15-12-27(35)18-30(29)36)40-32(41)16-9-22-5-10-24(11-6-22)25-3-2-4-26(17-25)34(37,38)39/h2-18,20H,19,21H2,1H3. The van der Waals surface area contributed by atoms with Crippen LogP contribution in [0.25, 0.3) is 34.5 Å². The first kappa shape index (κ1) is 30.9. The zero-order chi connectivity index (χ0) is 31.3. The second kappa shape index (κ2) is 13.4. The van der Waals surface area contributed by atoms with Crippen molar-refractivity contribution in [2.24, 2.45) is 0 Å². The fraction of sp³-hybridized carbons (Fsp3) is 0.118. The second-order valence-electron chi connectivity index (χ2n) is 9.78. The van der Waals surface area contributed by atoms with Gasteiger partial charge in [-0.2, -0.15) is 13.2 Å². The number of benzene rings is 4. The van der Waals surface area contributed by atoms with Crippen molar-refractivity contribution in [3.05, 3.63) is 130 Å². The minimum absolute atomic E-state index is 0.182. The van der Waals surface area contributed by atoms with Gasteiger partial charge in [-0.3, -0.25) is 0 Å². The summed E-state index contributed by atoms with van der Waals surface area (Å²) < 4.78 is 51.5. The first-order valence-electron chi connectivity index (χ1n) is 13.4. The predicted octanol–water partition coefficient (Wildman–Crippen LogP) is 9.31. The molecule has 0 amide bonds. The summed E-state index contributed by atoms with van der Waals surface area (Å²) >= 11 is 12.6. The summed E-state index contributed by atoms with van der Waals surface area (Å²) in [6.45, 7) is 0.294. The van der Waals surface area contributed by atoms with Gasteiger partial charge in [-0.05, 0) is 70.8 Å². The monoisotopic (exact) mass is 636 g/mol. The zero-order valence-electron chi connectivity index (χ0n) is 23.3. The maximum Gasteiger partial charge on any atom is 0.416 e. The third kappa shape index (κ3) is 7.70. The fourth-order valence-electron chi connectivity index (χ4n) is 4.44. The highest BCUT2D eigenvalue weighted by Crippen LogP contribution is 2.33. The number of nitrogens with zero attached hydrogens (tertiary/aromatic N) is 2. The molecule has 5 nitrogen and oxygen atoms in total. The molecule has 1 heterocycles. The highest BCUT2D eigenvalue weighted by Gasteiger charge is 2.30. The van der Waals surface area contributed by atoms with Crippen molar-refractivity contribution >= 4 is 41.3 Å². The minimum atomic E-state index is -4.41. The lowest BCUT2D eigenvalue weighted by Crippen LogP contribution is -2.12. The molecule has 224 valence electrons. The van der Waals surface area contributed by atoms with Gasteiger partial charge in [-0.25, -0.2) is 9.78 Å². The molecule has 0 spiro atoms. The van der Waals surface area contributed by atoms with Gasteiger partial charge in [-0.15, -0.1) is 0 Å². The smallest absolute Gasteiger partial charge is 0.416 e.